The molecule has 0 spiro atoms. The minimum Gasteiger partial charge on any atom is -0.459 e. The molecule has 0 amide bonds. The van der Waals surface area contributed by atoms with Crippen LogP contribution < -0.4 is 5.32 Å². The van der Waals surface area contributed by atoms with Crippen molar-refractivity contribution >= 4 is 17.5 Å². The van der Waals surface area contributed by atoms with E-state index in [1.165, 1.54) is 13.8 Å². The van der Waals surface area contributed by atoms with Crippen molar-refractivity contribution in [1.29, 1.82) is 0 Å². The number of carbonyl (C=O) groups excluding carboxylic acids is 2. The number of ketones is 1. The second-order valence-electron chi connectivity index (χ2n) is 11.4. The van der Waals surface area contributed by atoms with Crippen LogP contribution in [-0.2, 0) is 23.9 Å². The Hall–Kier alpha value is -1.55. The van der Waals surface area contributed by atoms with Gasteiger partial charge in [-0.15, -0.1) is 0 Å². The molecule has 0 bridgehead atoms. The fraction of sp³-hybridized carbons (Fsp3) is 0.889. The lowest BCUT2D eigenvalue weighted by Gasteiger charge is -2.43. The van der Waals surface area contributed by atoms with E-state index in [-0.39, 0.29) is 30.1 Å². The van der Waals surface area contributed by atoms with E-state index < -0.39 is 47.1 Å². The quantitative estimate of drug-likeness (QED) is 0.298. The summed E-state index contributed by atoms with van der Waals surface area (Å²) >= 11 is 0. The number of aliphatic hydroxyl groups is 2. The average molecular weight is 513 g/mol. The minimum atomic E-state index is -1.78. The van der Waals surface area contributed by atoms with Crippen LogP contribution in [0.15, 0.2) is 5.16 Å². The van der Waals surface area contributed by atoms with Crippen molar-refractivity contribution in [2.45, 2.75) is 104 Å². The van der Waals surface area contributed by atoms with Gasteiger partial charge < -0.3 is 29.8 Å². The van der Waals surface area contributed by atoms with Gasteiger partial charge >= 0.3 is 5.97 Å². The zero-order valence-electron chi connectivity index (χ0n) is 23.5. The third-order valence-electron chi connectivity index (χ3n) is 8.77. The molecule has 208 valence electrons. The maximum absolute atomic E-state index is 13.3. The van der Waals surface area contributed by atoms with E-state index in [0.717, 1.165) is 13.0 Å². The number of oxime groups is 1. The van der Waals surface area contributed by atoms with Crippen LogP contribution in [0.5, 0.6) is 0 Å². The van der Waals surface area contributed by atoms with Crippen LogP contribution in [0.3, 0.4) is 0 Å². The summed E-state index contributed by atoms with van der Waals surface area (Å²) < 4.78 is 11.6. The molecule has 2 fully saturated rings. The molecule has 0 radical (unpaired) electrons. The van der Waals surface area contributed by atoms with Crippen molar-refractivity contribution in [3.63, 3.8) is 0 Å². The van der Waals surface area contributed by atoms with Crippen LogP contribution in [0.4, 0.5) is 0 Å². The van der Waals surface area contributed by atoms with E-state index >= 15 is 0 Å². The van der Waals surface area contributed by atoms with Gasteiger partial charge in [0, 0.05) is 37.8 Å². The molecular formula is C27H48N2O7. The second-order valence-corrected chi connectivity index (χ2v) is 11.4. The summed E-state index contributed by atoms with van der Waals surface area (Å²) in [5, 5.41) is 30.6. The summed E-state index contributed by atoms with van der Waals surface area (Å²) in [4.78, 5) is 32.1. The topological polar surface area (TPSA) is 127 Å². The van der Waals surface area contributed by atoms with Crippen molar-refractivity contribution in [3.8, 4) is 0 Å². The number of aliphatic hydroxyl groups excluding tert-OH is 1. The highest BCUT2D eigenvalue weighted by molar-refractivity contribution is 5.99. The first kappa shape index (κ1) is 30.7. The van der Waals surface area contributed by atoms with Crippen LogP contribution in [0.2, 0.25) is 0 Å². The van der Waals surface area contributed by atoms with E-state index in [1.54, 1.807) is 21.0 Å². The number of rotatable bonds is 4. The molecule has 1 unspecified atom stereocenters. The smallest absolute Gasteiger partial charge is 0.316 e. The number of Topliss-reactive ketones (excluding diaryl/α,β-unsaturated/α-hetero) is 1. The Morgan fingerprint density at radius 3 is 2.31 bits per heavy atom. The molecule has 9 heteroatoms. The lowest BCUT2D eigenvalue weighted by atomic mass is 9.71. The lowest BCUT2D eigenvalue weighted by Crippen LogP contribution is -2.56. The van der Waals surface area contributed by atoms with Gasteiger partial charge in [0.15, 0.2) is 0 Å². The molecule has 9 nitrogen and oxygen atoms in total. The highest BCUT2D eigenvalue weighted by atomic mass is 16.6. The van der Waals surface area contributed by atoms with Crippen LogP contribution in [0.1, 0.15) is 74.7 Å². The number of carbonyl (C=O) groups is 2. The number of hydrogen-bond acceptors (Lipinski definition) is 9. The first-order valence-corrected chi connectivity index (χ1v) is 13.3. The number of methoxy groups -OCH3 is 1. The molecule has 2 rings (SSSR count). The van der Waals surface area contributed by atoms with Crippen LogP contribution in [-0.4, -0.2) is 77.4 Å². The molecule has 0 aliphatic carbocycles. The molecule has 2 saturated heterocycles. The molecule has 36 heavy (non-hydrogen) atoms. The number of nitrogens with zero attached hydrogens (tertiary/aromatic N) is 1. The van der Waals surface area contributed by atoms with Crippen LogP contribution in [0.25, 0.3) is 0 Å². The molecular weight excluding hydrogens is 464 g/mol. The van der Waals surface area contributed by atoms with E-state index in [0.29, 0.717) is 18.7 Å². The van der Waals surface area contributed by atoms with Gasteiger partial charge in [0.25, 0.3) is 0 Å². The van der Waals surface area contributed by atoms with Crippen LogP contribution >= 0.6 is 0 Å². The van der Waals surface area contributed by atoms with Crippen molar-refractivity contribution in [3.05, 3.63) is 0 Å². The molecule has 2 aliphatic rings. The number of ether oxygens (including phenoxy) is 2. The number of hydrogen-bond donors (Lipinski definition) is 3. The Bertz CT molecular complexity index is 795. The Balaban J connectivity index is 2.57. The fourth-order valence-electron chi connectivity index (χ4n) is 5.65. The number of esters is 1. The maximum Gasteiger partial charge on any atom is 0.316 e. The normalized spacial score (nSPS) is 44.8. The Labute approximate surface area is 216 Å². The molecule has 2 aliphatic heterocycles. The SMILES string of the molecule is CC[C@H]1OC(=O)[C@H](C)C(=O)[C@H](C)[C@@H](C)[C@](C)(OC)C[C@@H](C)/C(=N\OC2CCNC2)[C@H](C)[C@@H](O)[C@]1(C)O. The largest absolute Gasteiger partial charge is 0.459 e. The Kier molecular flexibility index (Phi) is 10.5. The van der Waals surface area contributed by atoms with Crippen molar-refractivity contribution in [2.75, 3.05) is 20.2 Å². The summed E-state index contributed by atoms with van der Waals surface area (Å²) in [5.41, 5.74) is -1.91. The van der Waals surface area contributed by atoms with Crippen LogP contribution in [0, 0.1) is 29.6 Å². The van der Waals surface area contributed by atoms with Crippen molar-refractivity contribution in [1.82, 2.24) is 5.32 Å². The standard InChI is InChI=1S/C27H48N2O7/c1-10-21-27(8,33)24(31)17(4)22(29-36-20-11-12-28-14-20)15(2)13-26(7,34-9)19(6)16(3)23(30)18(5)25(32)35-21/h15-21,24,28,31,33H,10-14H2,1-9H3/b29-22+/t15-,16-,17+,18-,19-,20?,21-,24-,26-,27-/m1/s1. The number of nitrogens with one attached hydrogen (secondary N) is 1. The highest BCUT2D eigenvalue weighted by Gasteiger charge is 2.48. The third-order valence-corrected chi connectivity index (χ3v) is 8.77. The summed E-state index contributed by atoms with van der Waals surface area (Å²) in [6.45, 7) is 15.8. The van der Waals surface area contributed by atoms with Gasteiger partial charge in [-0.25, -0.2) is 0 Å². The molecule has 2 heterocycles. The maximum atomic E-state index is 13.3. The van der Waals surface area contributed by atoms with Crippen molar-refractivity contribution < 1.29 is 34.1 Å². The Morgan fingerprint density at radius 2 is 1.78 bits per heavy atom. The van der Waals surface area contributed by atoms with Gasteiger partial charge in [0.2, 0.25) is 0 Å². The molecule has 0 aromatic rings. The van der Waals surface area contributed by atoms with Gasteiger partial charge in [-0.1, -0.05) is 39.8 Å². The van der Waals surface area contributed by atoms with E-state index in [1.807, 2.05) is 27.7 Å². The predicted molar refractivity (Wildman–Crippen MR) is 137 cm³/mol. The number of cyclic esters (lactones) is 1. The molecule has 10 atom stereocenters. The monoisotopic (exact) mass is 512 g/mol. The van der Waals surface area contributed by atoms with E-state index in [2.05, 4.69) is 10.5 Å². The lowest BCUT2D eigenvalue weighted by molar-refractivity contribution is -0.187. The zero-order chi connectivity index (χ0) is 27.4. The van der Waals surface area contributed by atoms with E-state index in [4.69, 9.17) is 14.3 Å². The predicted octanol–water partition coefficient (Wildman–Crippen LogP) is 2.71. The van der Waals surface area contributed by atoms with Gasteiger partial charge in [-0.3, -0.25) is 9.59 Å². The first-order valence-electron chi connectivity index (χ1n) is 13.3. The van der Waals surface area contributed by atoms with E-state index in [9.17, 15) is 19.8 Å². The molecule has 0 aromatic carbocycles. The van der Waals surface area contributed by atoms with Crippen molar-refractivity contribution in [2.24, 2.45) is 34.7 Å². The summed E-state index contributed by atoms with van der Waals surface area (Å²) in [7, 11) is 1.62. The fourth-order valence-corrected chi connectivity index (χ4v) is 5.65. The van der Waals surface area contributed by atoms with Gasteiger partial charge in [-0.2, -0.15) is 0 Å². The van der Waals surface area contributed by atoms with Gasteiger partial charge in [-0.05, 0) is 46.1 Å². The molecule has 0 saturated carbocycles. The Morgan fingerprint density at radius 1 is 1.14 bits per heavy atom. The third kappa shape index (κ3) is 6.47. The summed E-state index contributed by atoms with van der Waals surface area (Å²) in [6, 6.07) is 0. The minimum absolute atomic E-state index is 0.0705. The molecule has 3 N–H and O–H groups in total. The van der Waals surface area contributed by atoms with Gasteiger partial charge in [0.1, 0.15) is 29.5 Å². The van der Waals surface area contributed by atoms with Gasteiger partial charge in [0.05, 0.1) is 17.4 Å². The molecule has 0 aromatic heterocycles. The average Bonchev–Trinajstić information content (AvgIpc) is 3.37. The second kappa shape index (κ2) is 12.3. The zero-order valence-corrected chi connectivity index (χ0v) is 23.5. The summed E-state index contributed by atoms with van der Waals surface area (Å²) in [5.74, 6) is -3.45. The summed E-state index contributed by atoms with van der Waals surface area (Å²) in [6.07, 6.45) is -0.779. The first-order chi connectivity index (χ1) is 16.7. The highest BCUT2D eigenvalue weighted by Crippen LogP contribution is 2.38.